The molecule has 0 aliphatic rings. The number of carbonyl (C=O) groups is 2. The van der Waals surface area contributed by atoms with Crippen molar-refractivity contribution in [2.24, 2.45) is 15.8 Å². The summed E-state index contributed by atoms with van der Waals surface area (Å²) < 4.78 is 11.4. The van der Waals surface area contributed by atoms with Crippen LogP contribution < -0.4 is 16.5 Å². The molecule has 0 spiro atoms. The zero-order chi connectivity index (χ0) is 45.1. The minimum absolute atomic E-state index is 0.0132. The highest BCUT2D eigenvalue weighted by Crippen LogP contribution is 2.17. The van der Waals surface area contributed by atoms with Gasteiger partial charge in [-0.25, -0.2) is 10.4 Å². The molecule has 4 N–H and O–H groups in total. The molecule has 0 aromatic heterocycles. The first-order valence-corrected chi connectivity index (χ1v) is 26.0. The largest absolute Gasteiger partial charge is 0.462 e. The lowest BCUT2D eigenvalue weighted by molar-refractivity contribution is -0.149. The number of hydrogen-bond acceptors (Lipinski definition) is 8. The number of methoxy groups -OCH3 is 1. The van der Waals surface area contributed by atoms with Crippen LogP contribution in [0.2, 0.25) is 0 Å². The van der Waals surface area contributed by atoms with Crippen LogP contribution in [0.5, 0.6) is 0 Å². The zero-order valence-electron chi connectivity index (χ0n) is 41.3. The fourth-order valence-electron chi connectivity index (χ4n) is 7.76. The number of esters is 1. The number of nitrogens with zero attached hydrogens (tertiary/aromatic N) is 3. The van der Waals surface area contributed by atoms with E-state index in [0.717, 1.165) is 77.4 Å². The normalized spacial score (nSPS) is 12.1. The lowest BCUT2D eigenvalue weighted by atomic mass is 10.0. The number of hydrogen-bond donors (Lipinski definition) is 3. The number of aldehydes is 1. The second kappa shape index (κ2) is 52.3. The number of nitrogens with one attached hydrogen (secondary N) is 2. The van der Waals surface area contributed by atoms with Crippen molar-refractivity contribution in [3.63, 3.8) is 0 Å². The van der Waals surface area contributed by atoms with E-state index in [0.29, 0.717) is 25.6 Å². The van der Waals surface area contributed by atoms with Crippen LogP contribution in [0.1, 0.15) is 252 Å². The molecule has 10 heteroatoms. The van der Waals surface area contributed by atoms with Crippen molar-refractivity contribution in [3.8, 4) is 0 Å². The molecular formula is C51H104N6O4. The smallest absolute Gasteiger partial charge is 0.306 e. The molecule has 0 heterocycles. The zero-order valence-corrected chi connectivity index (χ0v) is 41.3. The third-order valence-corrected chi connectivity index (χ3v) is 11.8. The van der Waals surface area contributed by atoms with Gasteiger partial charge in [0.05, 0.1) is 12.8 Å². The van der Waals surface area contributed by atoms with Crippen molar-refractivity contribution in [3.05, 3.63) is 0 Å². The fraction of sp³-hybridized carbons (Fsp3) is 0.922. The Bertz CT molecular complexity index is 923. The predicted molar refractivity (Wildman–Crippen MR) is 265 cm³/mol. The first-order valence-electron chi connectivity index (χ1n) is 26.0. The van der Waals surface area contributed by atoms with Gasteiger partial charge < -0.3 is 24.9 Å². The van der Waals surface area contributed by atoms with Gasteiger partial charge in [0.15, 0.2) is 0 Å². The van der Waals surface area contributed by atoms with E-state index in [-0.39, 0.29) is 18.0 Å². The SMILES string of the molecule is C=NN/C(N)=N\CNCCCN(CCCCCCCC=O)CCCCCCCC(=O)OC(CC)CCCCCCCC.CCCCCCCCC(CCCCCCCC)OC. The molecule has 0 saturated carbocycles. The number of rotatable bonds is 47. The van der Waals surface area contributed by atoms with Gasteiger partial charge in [-0.15, -0.1) is 0 Å². The molecular weight excluding hydrogens is 761 g/mol. The number of carbonyl (C=O) groups excluding carboxylic acids is 2. The van der Waals surface area contributed by atoms with Gasteiger partial charge in [-0.1, -0.05) is 175 Å². The second-order valence-corrected chi connectivity index (χ2v) is 17.5. The molecule has 0 amide bonds. The Kier molecular flexibility index (Phi) is 52.3. The van der Waals surface area contributed by atoms with Gasteiger partial charge in [-0.05, 0) is 90.4 Å². The number of guanidine groups is 1. The molecule has 1 unspecified atom stereocenters. The molecule has 0 saturated heterocycles. The van der Waals surface area contributed by atoms with Crippen LogP contribution in [-0.4, -0.2) is 82.0 Å². The van der Waals surface area contributed by atoms with Crippen molar-refractivity contribution in [1.29, 1.82) is 0 Å². The third kappa shape index (κ3) is 48.8. The van der Waals surface area contributed by atoms with Gasteiger partial charge in [-0.3, -0.25) is 10.1 Å². The summed E-state index contributed by atoms with van der Waals surface area (Å²) in [5.74, 6) is 0.249. The van der Waals surface area contributed by atoms with Crippen molar-refractivity contribution in [1.82, 2.24) is 15.6 Å². The maximum Gasteiger partial charge on any atom is 0.306 e. The van der Waals surface area contributed by atoms with Crippen LogP contribution >= 0.6 is 0 Å². The lowest BCUT2D eigenvalue weighted by Gasteiger charge is -2.22. The summed E-state index contributed by atoms with van der Waals surface area (Å²) >= 11 is 0. The van der Waals surface area contributed by atoms with Gasteiger partial charge in [0.1, 0.15) is 12.4 Å². The van der Waals surface area contributed by atoms with Crippen LogP contribution in [0.3, 0.4) is 0 Å². The molecule has 1 atom stereocenters. The van der Waals surface area contributed by atoms with Gasteiger partial charge >= 0.3 is 5.97 Å². The van der Waals surface area contributed by atoms with E-state index in [4.69, 9.17) is 15.2 Å². The van der Waals surface area contributed by atoms with E-state index in [1.165, 1.54) is 167 Å². The van der Waals surface area contributed by atoms with E-state index in [2.05, 4.69) is 60.1 Å². The second-order valence-electron chi connectivity index (χ2n) is 17.5. The van der Waals surface area contributed by atoms with Gasteiger partial charge in [0.25, 0.3) is 0 Å². The highest BCUT2D eigenvalue weighted by Gasteiger charge is 2.12. The third-order valence-electron chi connectivity index (χ3n) is 11.8. The van der Waals surface area contributed by atoms with E-state index in [1.807, 2.05) is 7.11 Å². The molecule has 0 aliphatic carbocycles. The highest BCUT2D eigenvalue weighted by molar-refractivity contribution is 5.77. The number of nitrogens with two attached hydrogens (primary N) is 1. The number of ether oxygens (including phenoxy) is 2. The van der Waals surface area contributed by atoms with Crippen molar-refractivity contribution in [2.45, 2.75) is 265 Å². The van der Waals surface area contributed by atoms with E-state index in [9.17, 15) is 9.59 Å². The molecule has 0 fully saturated rings. The maximum absolute atomic E-state index is 12.3. The quantitative estimate of drug-likeness (QED) is 0.0138. The van der Waals surface area contributed by atoms with Gasteiger partial charge in [0, 0.05) is 26.7 Å². The Labute approximate surface area is 379 Å². The monoisotopic (exact) mass is 865 g/mol. The van der Waals surface area contributed by atoms with Crippen LogP contribution in [0.4, 0.5) is 0 Å². The van der Waals surface area contributed by atoms with E-state index >= 15 is 0 Å². The molecule has 0 aliphatic heterocycles. The fourth-order valence-corrected chi connectivity index (χ4v) is 7.76. The summed E-state index contributed by atoms with van der Waals surface area (Å²) in [6, 6.07) is 0. The Balaban J connectivity index is 0. The Morgan fingerprint density at radius 2 is 1.07 bits per heavy atom. The summed E-state index contributed by atoms with van der Waals surface area (Å²) in [5, 5.41) is 6.79. The first-order chi connectivity index (χ1) is 29.9. The lowest BCUT2D eigenvalue weighted by Crippen LogP contribution is -2.31. The molecule has 0 bridgehead atoms. The minimum atomic E-state index is -0.0132. The van der Waals surface area contributed by atoms with E-state index in [1.54, 1.807) is 0 Å². The Hall–Kier alpha value is -2.04. The standard InChI is InChI=1S/C33H66N6O3.C18H38O/c1-4-6-7-8-12-17-23-31(5-2)42-32(41)24-18-13-11-15-20-27-39(26-19-14-9-10-16-21-29-40)28-22-25-36-30-37-33(34)38-35-3;1-4-6-8-10-12-14-16-18(19-3)17-15-13-11-9-7-5-2/h29,31,36H,3-28,30H2,1-2H3,(H3,34,37,38);18H,4-17H2,1-3H3. The molecule has 0 aromatic carbocycles. The summed E-state index contributed by atoms with van der Waals surface area (Å²) in [6.45, 7) is 16.9. The van der Waals surface area contributed by atoms with Gasteiger partial charge in [0.2, 0.25) is 5.96 Å². The Morgan fingerprint density at radius 1 is 0.623 bits per heavy atom. The molecule has 0 radical (unpaired) electrons. The highest BCUT2D eigenvalue weighted by atomic mass is 16.5. The Morgan fingerprint density at radius 3 is 1.54 bits per heavy atom. The molecule has 362 valence electrons. The summed E-state index contributed by atoms with van der Waals surface area (Å²) in [6.07, 6.45) is 44.1. The summed E-state index contributed by atoms with van der Waals surface area (Å²) in [4.78, 5) is 29.5. The van der Waals surface area contributed by atoms with Crippen LogP contribution in [0, 0.1) is 0 Å². The number of unbranched alkanes of at least 4 members (excludes halogenated alkanes) is 24. The molecule has 61 heavy (non-hydrogen) atoms. The molecule has 0 aromatic rings. The first kappa shape index (κ1) is 61.0. The van der Waals surface area contributed by atoms with Gasteiger partial charge in [-0.2, -0.15) is 5.10 Å². The topological polar surface area (TPSA) is 131 Å². The molecule has 0 rings (SSSR count). The average molecular weight is 865 g/mol. The van der Waals surface area contributed by atoms with Crippen LogP contribution in [0.25, 0.3) is 0 Å². The summed E-state index contributed by atoms with van der Waals surface area (Å²) in [7, 11) is 1.89. The van der Waals surface area contributed by atoms with Crippen LogP contribution in [0.15, 0.2) is 10.1 Å². The maximum atomic E-state index is 12.3. The summed E-state index contributed by atoms with van der Waals surface area (Å²) in [5.41, 5.74) is 8.16. The van der Waals surface area contributed by atoms with Crippen molar-refractivity contribution >= 4 is 24.9 Å². The predicted octanol–water partition coefficient (Wildman–Crippen LogP) is 13.2. The minimum Gasteiger partial charge on any atom is -0.462 e. The average Bonchev–Trinajstić information content (AvgIpc) is 3.26. The molecule has 10 nitrogen and oxygen atoms in total. The van der Waals surface area contributed by atoms with Crippen molar-refractivity contribution < 1.29 is 19.1 Å². The van der Waals surface area contributed by atoms with E-state index < -0.39 is 0 Å². The number of hydrazone groups is 1. The number of aliphatic imine (C=N–C) groups is 1. The van der Waals surface area contributed by atoms with Crippen molar-refractivity contribution in [2.75, 3.05) is 40.0 Å². The van der Waals surface area contributed by atoms with Crippen LogP contribution in [-0.2, 0) is 19.1 Å².